The van der Waals surface area contributed by atoms with Crippen LogP contribution in [-0.4, -0.2) is 46.0 Å². The van der Waals surface area contributed by atoms with Crippen molar-refractivity contribution in [1.29, 1.82) is 0 Å². The summed E-state index contributed by atoms with van der Waals surface area (Å²) in [6, 6.07) is 9.53. The van der Waals surface area contributed by atoms with E-state index in [-0.39, 0.29) is 23.8 Å². The van der Waals surface area contributed by atoms with E-state index in [1.807, 2.05) is 18.2 Å². The third kappa shape index (κ3) is 6.90. The fraction of sp³-hybridized carbons (Fsp3) is 0.643. The number of Topliss-reactive ketones (excluding diaryl/α,β-unsaturated/α-hetero) is 1. The zero-order valence-corrected chi connectivity index (χ0v) is 22.2. The molecule has 2 N–H and O–H groups in total. The average Bonchev–Trinajstić information content (AvgIpc) is 3.22. The van der Waals surface area contributed by atoms with E-state index < -0.39 is 17.7 Å². The van der Waals surface area contributed by atoms with Crippen molar-refractivity contribution < 1.29 is 14.4 Å². The summed E-state index contributed by atoms with van der Waals surface area (Å²) in [4.78, 5) is 41.6. The van der Waals surface area contributed by atoms with Gasteiger partial charge in [0, 0.05) is 18.2 Å². The SMILES string of the molecule is C[C@H](c1ccccc1)N1CCS/C1=N\NC(=O)C(=O)C(NC(=O)C1CCCCCC1)C1CCCCC1. The first kappa shape index (κ1) is 26.7. The van der Waals surface area contributed by atoms with Crippen LogP contribution in [0.2, 0.25) is 0 Å². The van der Waals surface area contributed by atoms with Crippen molar-refractivity contribution >= 4 is 34.5 Å². The van der Waals surface area contributed by atoms with Crippen molar-refractivity contribution in [3.8, 4) is 0 Å². The van der Waals surface area contributed by atoms with E-state index in [0.717, 1.165) is 82.9 Å². The van der Waals surface area contributed by atoms with Gasteiger partial charge in [-0.25, -0.2) is 5.43 Å². The molecule has 0 bridgehead atoms. The first-order valence-corrected chi connectivity index (χ1v) is 14.7. The third-order valence-electron chi connectivity index (χ3n) is 7.96. The van der Waals surface area contributed by atoms with Gasteiger partial charge in [0.05, 0.1) is 6.04 Å². The van der Waals surface area contributed by atoms with Crippen molar-refractivity contribution in [2.24, 2.45) is 16.9 Å². The van der Waals surface area contributed by atoms with E-state index in [1.54, 1.807) is 11.8 Å². The lowest BCUT2D eigenvalue weighted by molar-refractivity contribution is -0.141. The Balaban J connectivity index is 1.42. The third-order valence-corrected chi connectivity index (χ3v) is 8.93. The van der Waals surface area contributed by atoms with Gasteiger partial charge in [-0.05, 0) is 44.1 Å². The maximum Gasteiger partial charge on any atom is 0.309 e. The van der Waals surface area contributed by atoms with Gasteiger partial charge in [-0.3, -0.25) is 14.4 Å². The topological polar surface area (TPSA) is 90.9 Å². The van der Waals surface area contributed by atoms with Crippen LogP contribution in [0.25, 0.3) is 0 Å². The quantitative estimate of drug-likeness (QED) is 0.297. The van der Waals surface area contributed by atoms with Crippen molar-refractivity contribution in [2.45, 2.75) is 89.6 Å². The minimum Gasteiger partial charge on any atom is -0.345 e. The van der Waals surface area contributed by atoms with Crippen LogP contribution in [0.4, 0.5) is 0 Å². The lowest BCUT2D eigenvalue weighted by atomic mass is 9.81. The zero-order chi connectivity index (χ0) is 25.3. The van der Waals surface area contributed by atoms with Gasteiger partial charge in [0.2, 0.25) is 11.7 Å². The van der Waals surface area contributed by atoms with Crippen molar-refractivity contribution in [1.82, 2.24) is 15.6 Å². The molecule has 3 fully saturated rings. The molecule has 2 amide bonds. The Kier molecular flexibility index (Phi) is 9.84. The molecule has 1 aromatic carbocycles. The van der Waals surface area contributed by atoms with Crippen LogP contribution in [0.5, 0.6) is 0 Å². The number of thioether (sulfide) groups is 1. The Bertz CT molecular complexity index is 924. The number of benzene rings is 1. The fourth-order valence-electron chi connectivity index (χ4n) is 5.75. The normalized spacial score (nSPS) is 22.6. The number of nitrogens with zero attached hydrogens (tertiary/aromatic N) is 2. The Morgan fingerprint density at radius 1 is 0.944 bits per heavy atom. The number of hydrogen-bond donors (Lipinski definition) is 2. The highest BCUT2D eigenvalue weighted by atomic mass is 32.2. The molecule has 1 saturated heterocycles. The van der Waals surface area contributed by atoms with E-state index in [2.05, 4.69) is 39.8 Å². The molecule has 3 aliphatic rings. The Labute approximate surface area is 219 Å². The first-order chi connectivity index (χ1) is 17.5. The van der Waals surface area contributed by atoms with Gasteiger partial charge in [0.25, 0.3) is 0 Å². The predicted molar refractivity (Wildman–Crippen MR) is 144 cm³/mol. The maximum atomic E-state index is 13.4. The first-order valence-electron chi connectivity index (χ1n) is 13.7. The molecule has 36 heavy (non-hydrogen) atoms. The summed E-state index contributed by atoms with van der Waals surface area (Å²) in [5.41, 5.74) is 3.70. The van der Waals surface area contributed by atoms with Crippen molar-refractivity contribution in [3.05, 3.63) is 35.9 Å². The molecule has 196 valence electrons. The molecule has 0 aromatic heterocycles. The number of nitrogens with one attached hydrogen (secondary N) is 2. The highest BCUT2D eigenvalue weighted by Gasteiger charge is 2.36. The van der Waals surface area contributed by atoms with Crippen LogP contribution in [0.3, 0.4) is 0 Å². The van der Waals surface area contributed by atoms with E-state index in [0.29, 0.717) is 5.17 Å². The number of hydrogen-bond acceptors (Lipinski definition) is 5. The molecule has 1 aromatic rings. The van der Waals surface area contributed by atoms with E-state index in [9.17, 15) is 14.4 Å². The minimum absolute atomic E-state index is 0.00911. The van der Waals surface area contributed by atoms with Crippen LogP contribution in [0.15, 0.2) is 35.4 Å². The monoisotopic (exact) mass is 512 g/mol. The summed E-state index contributed by atoms with van der Waals surface area (Å²) in [6.07, 6.45) is 11.1. The number of amides is 2. The van der Waals surface area contributed by atoms with Gasteiger partial charge < -0.3 is 10.2 Å². The molecule has 7 nitrogen and oxygen atoms in total. The number of ketones is 1. The number of amidine groups is 1. The largest absolute Gasteiger partial charge is 0.345 e. The molecule has 1 unspecified atom stereocenters. The Morgan fingerprint density at radius 3 is 2.28 bits per heavy atom. The number of hydrazone groups is 1. The van der Waals surface area contributed by atoms with Gasteiger partial charge in [0.1, 0.15) is 6.04 Å². The van der Waals surface area contributed by atoms with Crippen molar-refractivity contribution in [2.75, 3.05) is 12.3 Å². The molecule has 2 saturated carbocycles. The summed E-state index contributed by atoms with van der Waals surface area (Å²) in [5, 5.41) is 8.09. The van der Waals surface area contributed by atoms with E-state index in [4.69, 9.17) is 0 Å². The molecular formula is C28H40N4O3S. The average molecular weight is 513 g/mol. The summed E-state index contributed by atoms with van der Waals surface area (Å²) in [6.45, 7) is 2.94. The van der Waals surface area contributed by atoms with Gasteiger partial charge >= 0.3 is 5.91 Å². The molecule has 8 heteroatoms. The molecule has 2 atom stereocenters. The number of carbonyl (C=O) groups is 3. The van der Waals surface area contributed by atoms with E-state index in [1.165, 1.54) is 5.56 Å². The molecular weight excluding hydrogens is 472 g/mol. The van der Waals surface area contributed by atoms with Gasteiger partial charge in [-0.15, -0.1) is 5.10 Å². The molecule has 2 aliphatic carbocycles. The second-order valence-corrected chi connectivity index (χ2v) is 11.5. The molecule has 0 radical (unpaired) electrons. The minimum atomic E-state index is -0.767. The number of carbonyl (C=O) groups excluding carboxylic acids is 3. The van der Waals surface area contributed by atoms with Gasteiger partial charge in [-0.2, -0.15) is 0 Å². The summed E-state index contributed by atoms with van der Waals surface area (Å²) >= 11 is 1.58. The Hall–Kier alpha value is -2.35. The second kappa shape index (κ2) is 13.3. The number of rotatable bonds is 8. The van der Waals surface area contributed by atoms with Crippen LogP contribution < -0.4 is 10.7 Å². The lowest BCUT2D eigenvalue weighted by Gasteiger charge is -2.30. The van der Waals surface area contributed by atoms with Crippen LogP contribution in [0.1, 0.15) is 89.2 Å². The molecule has 0 spiro atoms. The van der Waals surface area contributed by atoms with E-state index >= 15 is 0 Å². The highest BCUT2D eigenvalue weighted by molar-refractivity contribution is 8.14. The smallest absolute Gasteiger partial charge is 0.309 e. The fourth-order valence-corrected chi connectivity index (χ4v) is 6.75. The summed E-state index contributed by atoms with van der Waals surface area (Å²) in [5.74, 6) is -0.540. The Morgan fingerprint density at radius 2 is 1.58 bits per heavy atom. The van der Waals surface area contributed by atoms with Crippen LogP contribution in [-0.2, 0) is 14.4 Å². The van der Waals surface area contributed by atoms with Crippen LogP contribution in [0, 0.1) is 11.8 Å². The van der Waals surface area contributed by atoms with Crippen LogP contribution >= 0.6 is 11.8 Å². The van der Waals surface area contributed by atoms with Gasteiger partial charge in [0.15, 0.2) is 5.17 Å². The van der Waals surface area contributed by atoms with Crippen molar-refractivity contribution in [3.63, 3.8) is 0 Å². The summed E-state index contributed by atoms with van der Waals surface area (Å²) in [7, 11) is 0. The maximum absolute atomic E-state index is 13.4. The standard InChI is InChI=1S/C28H40N4O3S/c1-20(21-12-8-4-9-13-21)32-18-19-36-28(32)31-30-27(35)25(33)24(22-14-10-5-11-15-22)29-26(34)23-16-6-2-3-7-17-23/h4,8-9,12-13,20,22-24H,2-3,5-7,10-11,14-19H2,1H3,(H,29,34)(H,30,35)/b31-28-/t20-,24?/m1/s1. The lowest BCUT2D eigenvalue weighted by Crippen LogP contribution is -2.52. The second-order valence-electron chi connectivity index (χ2n) is 10.4. The molecule has 1 aliphatic heterocycles. The summed E-state index contributed by atoms with van der Waals surface area (Å²) < 4.78 is 0. The predicted octanol–water partition coefficient (Wildman–Crippen LogP) is 4.79. The van der Waals surface area contributed by atoms with Gasteiger partial charge in [-0.1, -0.05) is 87.0 Å². The zero-order valence-electron chi connectivity index (χ0n) is 21.4. The molecule has 4 rings (SSSR count). The molecule has 1 heterocycles. The highest BCUT2D eigenvalue weighted by Crippen LogP contribution is 2.30.